The van der Waals surface area contributed by atoms with E-state index in [1.54, 1.807) is 6.08 Å². The fraction of sp³-hybridized carbons (Fsp3) is 0.672. The van der Waals surface area contributed by atoms with Gasteiger partial charge in [0.05, 0.1) is 25.4 Å². The number of hydrogen-bond acceptors (Lipinski definition) is 10. The molecule has 0 aromatic heterocycles. The summed E-state index contributed by atoms with van der Waals surface area (Å²) in [4.78, 5) is 26.5. The number of aliphatic hydroxyl groups is 5. The van der Waals surface area contributed by atoms with E-state index in [9.17, 15) is 35.1 Å². The highest BCUT2D eigenvalue weighted by molar-refractivity contribution is 5.80. The zero-order valence-electron chi connectivity index (χ0n) is 49.0. The molecule has 1 fully saturated rings. The van der Waals surface area contributed by atoms with Gasteiger partial charge in [0.15, 0.2) is 12.4 Å². The minimum Gasteiger partial charge on any atom is -0.454 e. The highest BCUT2D eigenvalue weighted by Gasteiger charge is 2.47. The van der Waals surface area contributed by atoms with E-state index in [2.05, 4.69) is 99.0 Å². The fourth-order valence-corrected chi connectivity index (χ4v) is 8.86. The van der Waals surface area contributed by atoms with Crippen LogP contribution in [0.1, 0.15) is 226 Å². The molecule has 0 saturated carbocycles. The second-order valence-corrected chi connectivity index (χ2v) is 20.8. The topological polar surface area (TPSA) is 175 Å². The van der Waals surface area contributed by atoms with Crippen molar-refractivity contribution in [3.05, 3.63) is 122 Å². The van der Waals surface area contributed by atoms with Gasteiger partial charge in [-0.1, -0.05) is 251 Å². The van der Waals surface area contributed by atoms with Gasteiger partial charge in [0, 0.05) is 6.42 Å². The lowest BCUT2D eigenvalue weighted by atomic mass is 9.99. The molecule has 11 nitrogen and oxygen atoms in total. The van der Waals surface area contributed by atoms with Crippen LogP contribution in [0.5, 0.6) is 0 Å². The van der Waals surface area contributed by atoms with Crippen molar-refractivity contribution in [1.82, 2.24) is 5.32 Å². The smallest absolute Gasteiger partial charge is 0.306 e. The Balaban J connectivity index is 2.70. The van der Waals surface area contributed by atoms with Crippen LogP contribution in [-0.2, 0) is 23.8 Å². The van der Waals surface area contributed by atoms with Gasteiger partial charge < -0.3 is 45.1 Å². The Labute approximate surface area is 474 Å². The van der Waals surface area contributed by atoms with Crippen LogP contribution in [0.3, 0.4) is 0 Å². The molecule has 0 radical (unpaired) electrons. The second kappa shape index (κ2) is 53.7. The summed E-state index contributed by atoms with van der Waals surface area (Å²) in [5, 5.41) is 57.0. The van der Waals surface area contributed by atoms with Gasteiger partial charge in [-0.25, -0.2) is 0 Å². The zero-order chi connectivity index (χ0) is 56.8. The minimum absolute atomic E-state index is 0.0893. The fourth-order valence-electron chi connectivity index (χ4n) is 8.86. The predicted molar refractivity (Wildman–Crippen MR) is 324 cm³/mol. The zero-order valence-corrected chi connectivity index (χ0v) is 49.0. The largest absolute Gasteiger partial charge is 0.454 e. The van der Waals surface area contributed by atoms with Gasteiger partial charge in [-0.15, -0.1) is 0 Å². The number of allylic oxidation sites excluding steroid dienone is 19. The molecule has 11 heteroatoms. The molecule has 1 rings (SSSR count). The van der Waals surface area contributed by atoms with E-state index in [-0.39, 0.29) is 19.4 Å². The molecule has 1 aliphatic rings. The number of carbonyl (C=O) groups excluding carboxylic acids is 2. The van der Waals surface area contributed by atoms with E-state index in [1.165, 1.54) is 44.9 Å². The molecule has 0 aromatic carbocycles. The molecule has 8 atom stereocenters. The molecule has 78 heavy (non-hydrogen) atoms. The Hall–Kier alpha value is -3.94. The maximum atomic E-state index is 13.4. The Kier molecular flexibility index (Phi) is 49.6. The van der Waals surface area contributed by atoms with E-state index in [1.807, 2.05) is 42.5 Å². The second-order valence-electron chi connectivity index (χ2n) is 20.8. The molecular weight excluding hydrogens is 979 g/mol. The molecule has 1 aliphatic heterocycles. The molecule has 0 bridgehead atoms. The van der Waals surface area contributed by atoms with E-state index in [0.29, 0.717) is 12.8 Å². The van der Waals surface area contributed by atoms with E-state index >= 15 is 0 Å². The molecule has 1 amide bonds. The van der Waals surface area contributed by atoms with Gasteiger partial charge in [0.25, 0.3) is 0 Å². The standard InChI is InChI=1S/C67H111NO10/c1-4-7-10-13-16-19-22-25-27-28-29-30-31-32-33-35-36-39-42-45-48-51-54-60(71)66(75)68-58(59(70)53-50-47-44-41-38-24-21-18-15-12-9-6-3)57-76-67-65(64(74)63(73)61(56-69)77-67)78-62(72)55-52-49-46-43-40-37-34-26-23-20-17-14-11-8-5-2/h7-8,10-11,14,16-17,19-20,23,25-27,29-30,32-34,50,53,58-61,63-65,67,69-71,73-74H,4-6,9,12-13,15,18,21-22,24,28,31,35-49,51-52,54-57H2,1-3H3,(H,68,75)/b10-7-,11-8+,17-14+,19-16-,23-20+,27-25-,30-29-,33-32-,34-26-,53-50+. The SMILES string of the molecule is CC/C=C\C/C=C\C/C=C\C/C=C\C/C=C\CCCCCCCCC(O)C(=O)NC(COC1OC(CO)C(O)C(O)C1OC(=O)CCCCCCC\C=C/C=C/C=C/C=C/CC)C(O)/C=C/CCCCCCCCCCCC. The highest BCUT2D eigenvalue weighted by Crippen LogP contribution is 2.26. The number of ether oxygens (including phenoxy) is 3. The lowest BCUT2D eigenvalue weighted by Gasteiger charge is -2.41. The molecule has 0 spiro atoms. The Morgan fingerprint density at radius 1 is 0.526 bits per heavy atom. The van der Waals surface area contributed by atoms with Crippen LogP contribution < -0.4 is 5.32 Å². The maximum Gasteiger partial charge on any atom is 0.306 e. The average Bonchev–Trinajstić information content (AvgIpc) is 3.44. The summed E-state index contributed by atoms with van der Waals surface area (Å²) >= 11 is 0. The van der Waals surface area contributed by atoms with Crippen molar-refractivity contribution in [1.29, 1.82) is 0 Å². The molecular formula is C67H111NO10. The van der Waals surface area contributed by atoms with Crippen LogP contribution in [0.4, 0.5) is 0 Å². The lowest BCUT2D eigenvalue weighted by molar-refractivity contribution is -0.305. The monoisotopic (exact) mass is 1090 g/mol. The number of rotatable bonds is 50. The number of aliphatic hydroxyl groups excluding tert-OH is 5. The quantitative estimate of drug-likeness (QED) is 0.0149. The molecule has 1 saturated heterocycles. The third-order valence-corrected chi connectivity index (χ3v) is 13.7. The third-order valence-electron chi connectivity index (χ3n) is 13.7. The lowest BCUT2D eigenvalue weighted by Crippen LogP contribution is -2.61. The molecule has 6 N–H and O–H groups in total. The van der Waals surface area contributed by atoms with Crippen molar-refractivity contribution in [3.63, 3.8) is 0 Å². The van der Waals surface area contributed by atoms with Crippen LogP contribution in [0.25, 0.3) is 0 Å². The van der Waals surface area contributed by atoms with Crippen LogP contribution in [0, 0.1) is 0 Å². The Morgan fingerprint density at radius 2 is 0.987 bits per heavy atom. The molecule has 1 heterocycles. The number of unbranched alkanes of at least 4 members (excludes halogenated alkanes) is 21. The van der Waals surface area contributed by atoms with Crippen LogP contribution >= 0.6 is 0 Å². The summed E-state index contributed by atoms with van der Waals surface area (Å²) in [7, 11) is 0. The Morgan fingerprint density at radius 3 is 1.54 bits per heavy atom. The molecule has 0 aromatic rings. The number of carbonyl (C=O) groups is 2. The summed E-state index contributed by atoms with van der Waals surface area (Å²) in [5.41, 5.74) is 0. The first-order chi connectivity index (χ1) is 38.2. The van der Waals surface area contributed by atoms with Gasteiger partial charge in [-0.3, -0.25) is 9.59 Å². The number of nitrogens with one attached hydrogen (secondary N) is 1. The third kappa shape index (κ3) is 41.1. The van der Waals surface area contributed by atoms with E-state index in [4.69, 9.17) is 14.2 Å². The van der Waals surface area contributed by atoms with Gasteiger partial charge in [0.2, 0.25) is 5.91 Å². The summed E-state index contributed by atoms with van der Waals surface area (Å²) < 4.78 is 17.6. The first-order valence-corrected chi connectivity index (χ1v) is 30.9. The predicted octanol–water partition coefficient (Wildman–Crippen LogP) is 14.7. The summed E-state index contributed by atoms with van der Waals surface area (Å²) in [6, 6.07) is -1.04. The van der Waals surface area contributed by atoms with Crippen LogP contribution in [0.15, 0.2) is 122 Å². The van der Waals surface area contributed by atoms with Gasteiger partial charge in [0.1, 0.15) is 24.4 Å². The first kappa shape index (κ1) is 72.1. The molecule has 444 valence electrons. The molecule has 0 aliphatic carbocycles. The van der Waals surface area contributed by atoms with Crippen molar-refractivity contribution in [2.45, 2.75) is 275 Å². The van der Waals surface area contributed by atoms with Crippen molar-refractivity contribution in [3.8, 4) is 0 Å². The minimum atomic E-state index is -1.63. The van der Waals surface area contributed by atoms with Gasteiger partial charge in [-0.2, -0.15) is 0 Å². The highest BCUT2D eigenvalue weighted by atomic mass is 16.7. The number of esters is 1. The Bertz CT molecular complexity index is 1730. The number of hydrogen-bond donors (Lipinski definition) is 6. The normalized spacial score (nSPS) is 19.8. The van der Waals surface area contributed by atoms with E-state index < -0.39 is 67.4 Å². The van der Waals surface area contributed by atoms with Crippen molar-refractivity contribution >= 4 is 11.9 Å². The summed E-state index contributed by atoms with van der Waals surface area (Å²) in [6.45, 7) is 5.50. The van der Waals surface area contributed by atoms with Gasteiger partial charge in [-0.05, 0) is 89.9 Å². The van der Waals surface area contributed by atoms with Crippen molar-refractivity contribution < 1.29 is 49.3 Å². The van der Waals surface area contributed by atoms with Crippen molar-refractivity contribution in [2.75, 3.05) is 13.2 Å². The van der Waals surface area contributed by atoms with Gasteiger partial charge >= 0.3 is 5.97 Å². The maximum absolute atomic E-state index is 13.4. The van der Waals surface area contributed by atoms with Crippen molar-refractivity contribution in [2.24, 2.45) is 0 Å². The first-order valence-electron chi connectivity index (χ1n) is 30.9. The number of amides is 1. The van der Waals surface area contributed by atoms with Crippen LogP contribution in [0.2, 0.25) is 0 Å². The summed E-state index contributed by atoms with van der Waals surface area (Å²) in [5.74, 6) is -1.24. The van der Waals surface area contributed by atoms with E-state index in [0.717, 1.165) is 135 Å². The molecule has 8 unspecified atom stereocenters. The van der Waals surface area contributed by atoms with Crippen LogP contribution in [-0.4, -0.2) is 99.6 Å². The average molecular weight is 1090 g/mol. The summed E-state index contributed by atoms with van der Waals surface area (Å²) in [6.07, 6.45) is 63.7.